The Balaban J connectivity index is 1.59. The van der Waals surface area contributed by atoms with Crippen LogP contribution in [-0.2, 0) is 12.2 Å². The molecule has 23 heavy (non-hydrogen) atoms. The minimum Gasteiger partial charge on any atom is -0.414 e. The van der Waals surface area contributed by atoms with Gasteiger partial charge in [0.2, 0.25) is 5.89 Å². The van der Waals surface area contributed by atoms with Crippen LogP contribution in [0.15, 0.2) is 68.7 Å². The summed E-state index contributed by atoms with van der Waals surface area (Å²) in [6.45, 7) is 0. The van der Waals surface area contributed by atoms with Crippen molar-refractivity contribution in [1.29, 1.82) is 0 Å². The predicted molar refractivity (Wildman–Crippen MR) is 95.1 cm³/mol. The molecule has 0 spiro atoms. The van der Waals surface area contributed by atoms with Gasteiger partial charge in [-0.1, -0.05) is 70.2 Å². The van der Waals surface area contributed by atoms with E-state index >= 15 is 0 Å². The molecule has 0 saturated carbocycles. The Hall–Kier alpha value is -1.63. The first kappa shape index (κ1) is 16.2. The number of thioether (sulfide) groups is 1. The van der Waals surface area contributed by atoms with Gasteiger partial charge in [-0.05, 0) is 29.7 Å². The van der Waals surface area contributed by atoms with Crippen LogP contribution in [-0.4, -0.2) is 10.2 Å². The SMILES string of the molecule is N[C@@H](Cc1ccccc1)c1nnc(SCc2cccc(Br)c2)o1. The van der Waals surface area contributed by atoms with Gasteiger partial charge >= 0.3 is 0 Å². The summed E-state index contributed by atoms with van der Waals surface area (Å²) in [5.74, 6) is 1.25. The predicted octanol–water partition coefficient (Wildman–Crippen LogP) is 4.37. The van der Waals surface area contributed by atoms with Crippen molar-refractivity contribution in [3.63, 3.8) is 0 Å². The molecule has 2 aromatic carbocycles. The molecule has 0 aliphatic rings. The zero-order valence-corrected chi connectivity index (χ0v) is 14.8. The summed E-state index contributed by atoms with van der Waals surface area (Å²) >= 11 is 4.98. The Bertz CT molecular complexity index is 763. The van der Waals surface area contributed by atoms with Gasteiger partial charge in [0.25, 0.3) is 5.22 Å². The van der Waals surface area contributed by atoms with Gasteiger partial charge < -0.3 is 10.2 Å². The number of hydrogen-bond donors (Lipinski definition) is 1. The molecule has 0 radical (unpaired) electrons. The lowest BCUT2D eigenvalue weighted by Gasteiger charge is -2.06. The van der Waals surface area contributed by atoms with E-state index in [4.69, 9.17) is 10.2 Å². The second-order valence-corrected chi connectivity index (χ2v) is 6.96. The molecule has 0 fully saturated rings. The summed E-state index contributed by atoms with van der Waals surface area (Å²) in [7, 11) is 0. The van der Waals surface area contributed by atoms with Crippen LogP contribution in [0.3, 0.4) is 0 Å². The topological polar surface area (TPSA) is 64.9 Å². The maximum atomic E-state index is 6.16. The monoisotopic (exact) mass is 389 g/mol. The first-order valence-electron chi connectivity index (χ1n) is 7.21. The molecule has 6 heteroatoms. The fourth-order valence-corrected chi connectivity index (χ4v) is 3.31. The number of hydrogen-bond acceptors (Lipinski definition) is 5. The van der Waals surface area contributed by atoms with E-state index in [0.717, 1.165) is 15.8 Å². The number of rotatable bonds is 6. The Morgan fingerprint density at radius 2 is 1.83 bits per heavy atom. The molecule has 0 unspecified atom stereocenters. The van der Waals surface area contributed by atoms with Crippen LogP contribution < -0.4 is 5.73 Å². The van der Waals surface area contributed by atoms with Crippen molar-refractivity contribution < 1.29 is 4.42 Å². The Morgan fingerprint density at radius 3 is 2.61 bits per heavy atom. The van der Waals surface area contributed by atoms with Gasteiger partial charge in [0.1, 0.15) is 0 Å². The van der Waals surface area contributed by atoms with E-state index < -0.39 is 0 Å². The van der Waals surface area contributed by atoms with Crippen molar-refractivity contribution in [3.05, 3.63) is 76.1 Å². The van der Waals surface area contributed by atoms with Crippen LogP contribution in [0.4, 0.5) is 0 Å². The minimum absolute atomic E-state index is 0.287. The maximum absolute atomic E-state index is 6.16. The summed E-state index contributed by atoms with van der Waals surface area (Å²) in [6.07, 6.45) is 0.679. The summed E-state index contributed by atoms with van der Waals surface area (Å²) in [6, 6.07) is 17.9. The molecular weight excluding hydrogens is 374 g/mol. The van der Waals surface area contributed by atoms with Crippen LogP contribution in [0, 0.1) is 0 Å². The molecule has 3 aromatic rings. The van der Waals surface area contributed by atoms with Crippen LogP contribution in [0.1, 0.15) is 23.1 Å². The van der Waals surface area contributed by atoms with E-state index in [2.05, 4.69) is 38.3 Å². The average Bonchev–Trinajstić information content (AvgIpc) is 3.03. The molecule has 0 amide bonds. The van der Waals surface area contributed by atoms with E-state index in [1.165, 1.54) is 17.3 Å². The Morgan fingerprint density at radius 1 is 1.04 bits per heavy atom. The number of benzene rings is 2. The summed E-state index contributed by atoms with van der Waals surface area (Å²) in [4.78, 5) is 0. The van der Waals surface area contributed by atoms with Gasteiger partial charge in [-0.15, -0.1) is 10.2 Å². The smallest absolute Gasteiger partial charge is 0.276 e. The fourth-order valence-electron chi connectivity index (χ4n) is 2.16. The van der Waals surface area contributed by atoms with Gasteiger partial charge in [0.15, 0.2) is 0 Å². The number of nitrogens with two attached hydrogens (primary N) is 1. The van der Waals surface area contributed by atoms with Crippen LogP contribution in [0.25, 0.3) is 0 Å². The fraction of sp³-hybridized carbons (Fsp3) is 0.176. The second-order valence-electron chi connectivity index (χ2n) is 5.12. The van der Waals surface area contributed by atoms with Gasteiger partial charge in [0.05, 0.1) is 6.04 Å². The van der Waals surface area contributed by atoms with E-state index in [-0.39, 0.29) is 6.04 Å². The van der Waals surface area contributed by atoms with Gasteiger partial charge in [-0.25, -0.2) is 0 Å². The Kier molecular flexibility index (Phi) is 5.48. The first-order valence-corrected chi connectivity index (χ1v) is 8.99. The number of nitrogens with zero attached hydrogens (tertiary/aromatic N) is 2. The van der Waals surface area contributed by atoms with Crippen LogP contribution in [0.5, 0.6) is 0 Å². The van der Waals surface area contributed by atoms with E-state index in [0.29, 0.717) is 17.5 Å². The lowest BCUT2D eigenvalue weighted by molar-refractivity contribution is 0.385. The zero-order chi connectivity index (χ0) is 16.1. The minimum atomic E-state index is -0.287. The standard InChI is InChI=1S/C17H16BrN3OS/c18-14-8-4-7-13(9-14)11-23-17-21-20-16(22-17)15(19)10-12-5-2-1-3-6-12/h1-9,15H,10-11,19H2/t15-/m0/s1. The molecule has 1 atom stereocenters. The third kappa shape index (κ3) is 4.67. The molecule has 0 aliphatic carbocycles. The molecule has 0 aliphatic heterocycles. The zero-order valence-electron chi connectivity index (χ0n) is 12.4. The normalized spacial score (nSPS) is 12.3. The number of aromatic nitrogens is 2. The van der Waals surface area contributed by atoms with Crippen LogP contribution in [0.2, 0.25) is 0 Å². The third-order valence-corrected chi connectivity index (χ3v) is 4.67. The molecule has 0 saturated heterocycles. The quantitative estimate of drug-likeness (QED) is 0.634. The van der Waals surface area contributed by atoms with E-state index in [1.807, 2.05) is 42.5 Å². The second kappa shape index (κ2) is 7.77. The van der Waals surface area contributed by atoms with Crippen molar-refractivity contribution in [2.75, 3.05) is 0 Å². The molecular formula is C17H16BrN3OS. The third-order valence-electron chi connectivity index (χ3n) is 3.29. The molecule has 3 rings (SSSR count). The summed E-state index contributed by atoms with van der Waals surface area (Å²) in [5.41, 5.74) is 8.50. The Labute approximate surface area is 147 Å². The summed E-state index contributed by atoms with van der Waals surface area (Å²) in [5, 5.41) is 8.69. The number of halogens is 1. The largest absolute Gasteiger partial charge is 0.414 e. The lowest BCUT2D eigenvalue weighted by Crippen LogP contribution is -2.13. The van der Waals surface area contributed by atoms with Gasteiger partial charge in [0, 0.05) is 10.2 Å². The van der Waals surface area contributed by atoms with Crippen LogP contribution >= 0.6 is 27.7 Å². The molecule has 2 N–H and O–H groups in total. The van der Waals surface area contributed by atoms with E-state index in [9.17, 15) is 0 Å². The highest BCUT2D eigenvalue weighted by atomic mass is 79.9. The van der Waals surface area contributed by atoms with E-state index in [1.54, 1.807) is 0 Å². The van der Waals surface area contributed by atoms with Crippen molar-refractivity contribution >= 4 is 27.7 Å². The molecule has 1 aromatic heterocycles. The first-order chi connectivity index (χ1) is 11.2. The van der Waals surface area contributed by atoms with Crippen molar-refractivity contribution in [1.82, 2.24) is 10.2 Å². The average molecular weight is 390 g/mol. The highest BCUT2D eigenvalue weighted by molar-refractivity contribution is 9.10. The van der Waals surface area contributed by atoms with Crippen molar-refractivity contribution in [2.45, 2.75) is 23.4 Å². The van der Waals surface area contributed by atoms with Gasteiger partial charge in [-0.3, -0.25) is 0 Å². The van der Waals surface area contributed by atoms with Crippen molar-refractivity contribution in [2.24, 2.45) is 5.73 Å². The lowest BCUT2D eigenvalue weighted by atomic mass is 10.1. The van der Waals surface area contributed by atoms with Crippen molar-refractivity contribution in [3.8, 4) is 0 Å². The van der Waals surface area contributed by atoms with Gasteiger partial charge in [-0.2, -0.15) is 0 Å². The summed E-state index contributed by atoms with van der Waals surface area (Å²) < 4.78 is 6.74. The molecule has 0 bridgehead atoms. The highest BCUT2D eigenvalue weighted by Gasteiger charge is 2.15. The maximum Gasteiger partial charge on any atom is 0.276 e. The molecule has 1 heterocycles. The molecule has 118 valence electrons. The highest BCUT2D eigenvalue weighted by Crippen LogP contribution is 2.25. The molecule has 4 nitrogen and oxygen atoms in total.